The molecule has 5 nitrogen and oxygen atoms in total. The quantitative estimate of drug-likeness (QED) is 0.680. The first kappa shape index (κ1) is 15.2. The number of hydrogen-bond donors (Lipinski definition) is 1. The predicted molar refractivity (Wildman–Crippen MR) is 87.4 cm³/mol. The van der Waals surface area contributed by atoms with Crippen LogP contribution in [0, 0.1) is 0 Å². The van der Waals surface area contributed by atoms with Crippen LogP contribution >= 0.6 is 0 Å². The van der Waals surface area contributed by atoms with Crippen molar-refractivity contribution in [1.29, 1.82) is 0 Å². The molecule has 3 aromatic rings. The molecule has 2 aromatic carbocycles. The van der Waals surface area contributed by atoms with Gasteiger partial charge in [-0.05, 0) is 18.1 Å². The zero-order valence-corrected chi connectivity index (χ0v) is 12.7. The van der Waals surface area contributed by atoms with Crippen LogP contribution in [0.25, 0.3) is 10.9 Å². The van der Waals surface area contributed by atoms with E-state index in [0.29, 0.717) is 25.1 Å². The van der Waals surface area contributed by atoms with E-state index >= 15 is 0 Å². The average Bonchev–Trinajstić information content (AvgIpc) is 2.95. The smallest absolute Gasteiger partial charge is 0.357 e. The van der Waals surface area contributed by atoms with E-state index in [4.69, 9.17) is 4.74 Å². The highest BCUT2D eigenvalue weighted by molar-refractivity contribution is 6.01. The zero-order chi connectivity index (χ0) is 16.1. The van der Waals surface area contributed by atoms with Crippen molar-refractivity contribution in [3.05, 3.63) is 65.9 Å². The molecule has 1 aromatic heterocycles. The summed E-state index contributed by atoms with van der Waals surface area (Å²) >= 11 is 0. The maximum atomic E-state index is 11.3. The fourth-order valence-corrected chi connectivity index (χ4v) is 2.54. The molecule has 0 aliphatic carbocycles. The topological polar surface area (TPSA) is 64.3 Å². The van der Waals surface area contributed by atoms with E-state index in [0.717, 1.165) is 17.5 Å². The van der Waals surface area contributed by atoms with Crippen molar-refractivity contribution < 1.29 is 14.6 Å². The van der Waals surface area contributed by atoms with Gasteiger partial charge in [-0.25, -0.2) is 4.79 Å². The van der Waals surface area contributed by atoms with E-state index in [1.807, 2.05) is 48.5 Å². The van der Waals surface area contributed by atoms with Crippen molar-refractivity contribution in [3.63, 3.8) is 0 Å². The number of carbonyl (C=O) groups is 1. The number of nitrogens with zero attached hydrogens (tertiary/aromatic N) is 2. The third-order valence-corrected chi connectivity index (χ3v) is 3.63. The van der Waals surface area contributed by atoms with Crippen LogP contribution < -0.4 is 0 Å². The molecule has 0 spiro atoms. The average molecular weight is 310 g/mol. The van der Waals surface area contributed by atoms with Crippen molar-refractivity contribution in [1.82, 2.24) is 9.78 Å². The number of carboxylic acid groups (broad SMARTS) is 1. The highest BCUT2D eigenvalue weighted by Gasteiger charge is 2.15. The first-order valence-corrected chi connectivity index (χ1v) is 7.56. The molecule has 0 fully saturated rings. The van der Waals surface area contributed by atoms with Crippen LogP contribution in [-0.2, 0) is 17.9 Å². The van der Waals surface area contributed by atoms with Crippen LogP contribution in [0.1, 0.15) is 22.5 Å². The molecule has 0 aliphatic heterocycles. The Kier molecular flexibility index (Phi) is 4.68. The van der Waals surface area contributed by atoms with Gasteiger partial charge in [-0.1, -0.05) is 48.5 Å². The van der Waals surface area contributed by atoms with Crippen LogP contribution in [0.15, 0.2) is 54.6 Å². The highest BCUT2D eigenvalue weighted by atomic mass is 16.5. The fourth-order valence-electron chi connectivity index (χ4n) is 2.54. The number of benzene rings is 2. The van der Waals surface area contributed by atoms with Crippen molar-refractivity contribution >= 4 is 16.9 Å². The minimum Gasteiger partial charge on any atom is -0.476 e. The Morgan fingerprint density at radius 2 is 1.83 bits per heavy atom. The summed E-state index contributed by atoms with van der Waals surface area (Å²) in [5, 5.41) is 14.1. The number of fused-ring (bicyclic) bond motifs is 1. The number of rotatable bonds is 7. The molecule has 0 aliphatic rings. The summed E-state index contributed by atoms with van der Waals surface area (Å²) in [6, 6.07) is 17.4. The fraction of sp³-hybridized carbons (Fsp3) is 0.222. The SMILES string of the molecule is O=C(O)c1nn(CCCOCc2ccccc2)c2ccccc12. The summed E-state index contributed by atoms with van der Waals surface area (Å²) in [4.78, 5) is 11.3. The Bertz CT molecular complexity index is 796. The van der Waals surface area contributed by atoms with Gasteiger partial charge in [-0.15, -0.1) is 0 Å². The first-order chi connectivity index (χ1) is 11.3. The van der Waals surface area contributed by atoms with Gasteiger partial charge in [-0.2, -0.15) is 5.10 Å². The molecule has 23 heavy (non-hydrogen) atoms. The molecule has 1 heterocycles. The maximum absolute atomic E-state index is 11.3. The molecule has 3 rings (SSSR count). The summed E-state index contributed by atoms with van der Waals surface area (Å²) in [6.45, 7) is 1.81. The monoisotopic (exact) mass is 310 g/mol. The summed E-state index contributed by atoms with van der Waals surface area (Å²) in [5.74, 6) is -1.000. The van der Waals surface area contributed by atoms with Crippen LogP contribution in [0.3, 0.4) is 0 Å². The van der Waals surface area contributed by atoms with E-state index in [2.05, 4.69) is 5.10 Å². The van der Waals surface area contributed by atoms with Crippen molar-refractivity contribution in [3.8, 4) is 0 Å². The van der Waals surface area contributed by atoms with E-state index in [-0.39, 0.29) is 5.69 Å². The summed E-state index contributed by atoms with van der Waals surface area (Å²) in [7, 11) is 0. The summed E-state index contributed by atoms with van der Waals surface area (Å²) in [5.41, 5.74) is 2.09. The van der Waals surface area contributed by atoms with Gasteiger partial charge in [-0.3, -0.25) is 4.68 Å². The van der Waals surface area contributed by atoms with Gasteiger partial charge in [0.25, 0.3) is 0 Å². The Hall–Kier alpha value is -2.66. The van der Waals surface area contributed by atoms with Gasteiger partial charge in [0.1, 0.15) is 0 Å². The lowest BCUT2D eigenvalue weighted by Crippen LogP contribution is -2.06. The molecular formula is C18H18N2O3. The zero-order valence-electron chi connectivity index (χ0n) is 12.7. The standard InChI is InChI=1S/C18H18N2O3/c21-18(22)17-15-9-4-5-10-16(15)20(19-17)11-6-12-23-13-14-7-2-1-3-8-14/h1-5,7-10H,6,11-13H2,(H,21,22). The highest BCUT2D eigenvalue weighted by Crippen LogP contribution is 2.18. The normalized spacial score (nSPS) is 11.0. The number of hydrogen-bond acceptors (Lipinski definition) is 3. The van der Waals surface area contributed by atoms with E-state index in [1.165, 1.54) is 0 Å². The largest absolute Gasteiger partial charge is 0.476 e. The van der Waals surface area contributed by atoms with Crippen LogP contribution in [-0.4, -0.2) is 27.5 Å². The van der Waals surface area contributed by atoms with Crippen molar-refractivity contribution in [2.75, 3.05) is 6.61 Å². The van der Waals surface area contributed by atoms with Crippen molar-refractivity contribution in [2.45, 2.75) is 19.6 Å². The van der Waals surface area contributed by atoms with Crippen LogP contribution in [0.5, 0.6) is 0 Å². The molecule has 0 bridgehead atoms. The second-order valence-corrected chi connectivity index (χ2v) is 5.29. The number of aromatic carboxylic acids is 1. The number of carboxylic acids is 1. The Labute approximate surface area is 134 Å². The number of aryl methyl sites for hydroxylation is 1. The lowest BCUT2D eigenvalue weighted by molar-refractivity contribution is 0.0691. The van der Waals surface area contributed by atoms with Gasteiger partial charge in [0.05, 0.1) is 12.1 Å². The Morgan fingerprint density at radius 1 is 1.09 bits per heavy atom. The third-order valence-electron chi connectivity index (χ3n) is 3.63. The Morgan fingerprint density at radius 3 is 2.61 bits per heavy atom. The van der Waals surface area contributed by atoms with Gasteiger partial charge >= 0.3 is 5.97 Å². The lowest BCUT2D eigenvalue weighted by Gasteiger charge is -2.05. The molecule has 0 radical (unpaired) electrons. The predicted octanol–water partition coefficient (Wildman–Crippen LogP) is 3.34. The number of para-hydroxylation sites is 1. The molecule has 1 N–H and O–H groups in total. The molecule has 118 valence electrons. The minimum absolute atomic E-state index is 0.103. The maximum Gasteiger partial charge on any atom is 0.357 e. The van der Waals surface area contributed by atoms with Crippen LogP contribution in [0.2, 0.25) is 0 Å². The lowest BCUT2D eigenvalue weighted by atomic mass is 10.2. The van der Waals surface area contributed by atoms with Gasteiger partial charge in [0.2, 0.25) is 0 Å². The summed E-state index contributed by atoms with van der Waals surface area (Å²) < 4.78 is 7.39. The molecule has 0 amide bonds. The first-order valence-electron chi connectivity index (χ1n) is 7.56. The van der Waals surface area contributed by atoms with Crippen molar-refractivity contribution in [2.24, 2.45) is 0 Å². The van der Waals surface area contributed by atoms with E-state index in [9.17, 15) is 9.90 Å². The van der Waals surface area contributed by atoms with Crippen LogP contribution in [0.4, 0.5) is 0 Å². The number of aromatic nitrogens is 2. The molecular weight excluding hydrogens is 292 g/mol. The van der Waals surface area contributed by atoms with Gasteiger partial charge in [0.15, 0.2) is 5.69 Å². The second-order valence-electron chi connectivity index (χ2n) is 5.29. The Balaban J connectivity index is 1.58. The summed E-state index contributed by atoms with van der Waals surface area (Å²) in [6.07, 6.45) is 0.775. The third kappa shape index (κ3) is 3.57. The van der Waals surface area contributed by atoms with Gasteiger partial charge in [0, 0.05) is 18.5 Å². The van der Waals surface area contributed by atoms with Gasteiger partial charge < -0.3 is 9.84 Å². The van der Waals surface area contributed by atoms with E-state index in [1.54, 1.807) is 10.7 Å². The second kappa shape index (κ2) is 7.07. The molecule has 0 unspecified atom stereocenters. The molecule has 0 atom stereocenters. The molecule has 0 saturated heterocycles. The minimum atomic E-state index is -1.000. The molecule has 0 saturated carbocycles. The number of ether oxygens (including phenoxy) is 1. The van der Waals surface area contributed by atoms with E-state index < -0.39 is 5.97 Å². The molecule has 5 heteroatoms.